The summed E-state index contributed by atoms with van der Waals surface area (Å²) in [7, 11) is 0. The fourth-order valence-electron chi connectivity index (χ4n) is 1.80. The Morgan fingerprint density at radius 1 is 1.06 bits per heavy atom. The molecule has 0 aliphatic carbocycles. The molecule has 3 heteroatoms. The van der Waals surface area contributed by atoms with E-state index in [9.17, 15) is 0 Å². The molecule has 0 fully saturated rings. The van der Waals surface area contributed by atoms with Gasteiger partial charge in [-0.2, -0.15) is 0 Å². The maximum absolute atomic E-state index is 6.13. The van der Waals surface area contributed by atoms with Crippen molar-refractivity contribution in [2.24, 2.45) is 11.7 Å². The molecule has 2 aromatic rings. The lowest BCUT2D eigenvalue weighted by atomic mass is 10.0. The zero-order valence-electron chi connectivity index (χ0n) is 11.1. The fourth-order valence-corrected chi connectivity index (χ4v) is 1.80. The van der Waals surface area contributed by atoms with Gasteiger partial charge in [-0.05, 0) is 18.9 Å². The number of aryl methyl sites for hydroxylation is 1. The maximum Gasteiger partial charge on any atom is 0.146 e. The quantitative estimate of drug-likeness (QED) is 0.898. The molecule has 0 radical (unpaired) electrons. The van der Waals surface area contributed by atoms with Crippen LogP contribution in [0.5, 0.6) is 0 Å². The third kappa shape index (κ3) is 2.74. The average Bonchev–Trinajstić information content (AvgIpc) is 2.38. The zero-order chi connectivity index (χ0) is 13.1. The molecule has 18 heavy (non-hydrogen) atoms. The summed E-state index contributed by atoms with van der Waals surface area (Å²) < 4.78 is 0. The summed E-state index contributed by atoms with van der Waals surface area (Å²) in [6.07, 6.45) is 0. The highest BCUT2D eigenvalue weighted by Gasteiger charge is 2.15. The largest absolute Gasteiger partial charge is 0.321 e. The van der Waals surface area contributed by atoms with Crippen LogP contribution in [0.3, 0.4) is 0 Å². The van der Waals surface area contributed by atoms with Crippen LogP contribution in [-0.2, 0) is 0 Å². The Hall–Kier alpha value is -1.74. The van der Waals surface area contributed by atoms with Crippen LogP contribution in [0.15, 0.2) is 36.4 Å². The molecular formula is C15H19N3. The van der Waals surface area contributed by atoms with Crippen LogP contribution < -0.4 is 5.73 Å². The number of nitrogens with two attached hydrogens (primary N) is 1. The van der Waals surface area contributed by atoms with Crippen LogP contribution in [0.1, 0.15) is 31.4 Å². The van der Waals surface area contributed by atoms with Crippen molar-refractivity contribution >= 4 is 0 Å². The summed E-state index contributed by atoms with van der Waals surface area (Å²) in [5, 5.41) is 0. The number of nitrogens with zero attached hydrogens (tertiary/aromatic N) is 2. The van der Waals surface area contributed by atoms with E-state index in [2.05, 4.69) is 23.8 Å². The molecule has 3 nitrogen and oxygen atoms in total. The Morgan fingerprint density at radius 2 is 1.72 bits per heavy atom. The number of hydrogen-bond donors (Lipinski definition) is 1. The molecule has 0 aliphatic rings. The van der Waals surface area contributed by atoms with E-state index in [1.165, 1.54) is 0 Å². The second-order valence-corrected chi connectivity index (χ2v) is 4.89. The number of aromatic nitrogens is 2. The molecule has 0 saturated carbocycles. The third-order valence-electron chi connectivity index (χ3n) is 2.96. The SMILES string of the molecule is Cc1cc(-c2ccccc2)nc(C(N)C(C)C)n1. The van der Waals surface area contributed by atoms with Gasteiger partial charge < -0.3 is 5.73 Å². The Bertz CT molecular complexity index is 521. The van der Waals surface area contributed by atoms with E-state index in [1.54, 1.807) is 0 Å². The highest BCUT2D eigenvalue weighted by molar-refractivity contribution is 5.59. The smallest absolute Gasteiger partial charge is 0.146 e. The standard InChI is InChI=1S/C15H19N3/c1-10(2)14(16)15-17-11(3)9-13(18-15)12-7-5-4-6-8-12/h4-10,14H,16H2,1-3H3. The minimum Gasteiger partial charge on any atom is -0.321 e. The van der Waals surface area contributed by atoms with Gasteiger partial charge in [-0.15, -0.1) is 0 Å². The summed E-state index contributed by atoms with van der Waals surface area (Å²) in [4.78, 5) is 9.03. The number of benzene rings is 1. The van der Waals surface area contributed by atoms with E-state index in [1.807, 2.05) is 43.3 Å². The van der Waals surface area contributed by atoms with E-state index >= 15 is 0 Å². The minimum absolute atomic E-state index is 0.118. The fraction of sp³-hybridized carbons (Fsp3) is 0.333. The van der Waals surface area contributed by atoms with Gasteiger partial charge >= 0.3 is 0 Å². The summed E-state index contributed by atoms with van der Waals surface area (Å²) in [5.41, 5.74) is 9.12. The third-order valence-corrected chi connectivity index (χ3v) is 2.96. The monoisotopic (exact) mass is 241 g/mol. The maximum atomic E-state index is 6.13. The lowest BCUT2D eigenvalue weighted by Gasteiger charge is -2.15. The topological polar surface area (TPSA) is 51.8 Å². The summed E-state index contributed by atoms with van der Waals surface area (Å²) in [6, 6.07) is 12.0. The van der Waals surface area contributed by atoms with Crippen LogP contribution in [-0.4, -0.2) is 9.97 Å². The van der Waals surface area contributed by atoms with Crippen molar-refractivity contribution in [2.45, 2.75) is 26.8 Å². The second-order valence-electron chi connectivity index (χ2n) is 4.89. The molecule has 1 atom stereocenters. The lowest BCUT2D eigenvalue weighted by molar-refractivity contribution is 0.489. The van der Waals surface area contributed by atoms with E-state index in [0.29, 0.717) is 5.92 Å². The first-order valence-corrected chi connectivity index (χ1v) is 6.24. The van der Waals surface area contributed by atoms with Crippen molar-refractivity contribution in [3.05, 3.63) is 47.9 Å². The first kappa shape index (κ1) is 12.7. The van der Waals surface area contributed by atoms with Crippen LogP contribution in [0.25, 0.3) is 11.3 Å². The number of rotatable bonds is 3. The normalized spacial score (nSPS) is 12.7. The predicted octanol–water partition coefficient (Wildman–Crippen LogP) is 3.11. The van der Waals surface area contributed by atoms with Gasteiger partial charge in [0.2, 0.25) is 0 Å². The van der Waals surface area contributed by atoms with E-state index in [0.717, 1.165) is 22.8 Å². The van der Waals surface area contributed by atoms with Gasteiger partial charge in [0.05, 0.1) is 11.7 Å². The minimum atomic E-state index is -0.118. The van der Waals surface area contributed by atoms with Crippen molar-refractivity contribution in [3.63, 3.8) is 0 Å². The average molecular weight is 241 g/mol. The first-order chi connectivity index (χ1) is 8.58. The lowest BCUT2D eigenvalue weighted by Crippen LogP contribution is -2.20. The van der Waals surface area contributed by atoms with Gasteiger partial charge in [-0.3, -0.25) is 0 Å². The van der Waals surface area contributed by atoms with Crippen molar-refractivity contribution in [3.8, 4) is 11.3 Å². The molecule has 1 aromatic carbocycles. The molecule has 0 saturated heterocycles. The van der Waals surface area contributed by atoms with Crippen LogP contribution in [0.4, 0.5) is 0 Å². The molecule has 2 N–H and O–H groups in total. The molecule has 0 amide bonds. The number of hydrogen-bond acceptors (Lipinski definition) is 3. The Balaban J connectivity index is 2.45. The molecular weight excluding hydrogens is 222 g/mol. The summed E-state index contributed by atoms with van der Waals surface area (Å²) >= 11 is 0. The van der Waals surface area contributed by atoms with Gasteiger partial charge in [-0.1, -0.05) is 44.2 Å². The van der Waals surface area contributed by atoms with Gasteiger partial charge in [0.25, 0.3) is 0 Å². The molecule has 0 bridgehead atoms. The molecule has 0 spiro atoms. The summed E-state index contributed by atoms with van der Waals surface area (Å²) in [5.74, 6) is 1.05. The van der Waals surface area contributed by atoms with Crippen molar-refractivity contribution in [2.75, 3.05) is 0 Å². The molecule has 1 unspecified atom stereocenters. The summed E-state index contributed by atoms with van der Waals surface area (Å²) in [6.45, 7) is 6.14. The van der Waals surface area contributed by atoms with Gasteiger partial charge in [0.15, 0.2) is 0 Å². The molecule has 2 rings (SSSR count). The van der Waals surface area contributed by atoms with E-state index < -0.39 is 0 Å². The highest BCUT2D eigenvalue weighted by atomic mass is 14.9. The predicted molar refractivity (Wildman–Crippen MR) is 74.0 cm³/mol. The van der Waals surface area contributed by atoms with Gasteiger partial charge in [-0.25, -0.2) is 9.97 Å². The molecule has 94 valence electrons. The molecule has 1 heterocycles. The van der Waals surface area contributed by atoms with E-state index in [4.69, 9.17) is 5.73 Å². The Labute approximate surface area is 108 Å². The molecule has 1 aromatic heterocycles. The van der Waals surface area contributed by atoms with Crippen molar-refractivity contribution in [1.82, 2.24) is 9.97 Å². The van der Waals surface area contributed by atoms with Crippen molar-refractivity contribution < 1.29 is 0 Å². The van der Waals surface area contributed by atoms with Crippen LogP contribution in [0.2, 0.25) is 0 Å². The molecule has 0 aliphatic heterocycles. The van der Waals surface area contributed by atoms with Crippen molar-refractivity contribution in [1.29, 1.82) is 0 Å². The Kier molecular flexibility index (Phi) is 3.72. The van der Waals surface area contributed by atoms with Crippen LogP contribution in [0, 0.1) is 12.8 Å². The first-order valence-electron chi connectivity index (χ1n) is 6.24. The van der Waals surface area contributed by atoms with Gasteiger partial charge in [0, 0.05) is 11.3 Å². The van der Waals surface area contributed by atoms with Crippen LogP contribution >= 0.6 is 0 Å². The Morgan fingerprint density at radius 3 is 2.33 bits per heavy atom. The van der Waals surface area contributed by atoms with Gasteiger partial charge in [0.1, 0.15) is 5.82 Å². The zero-order valence-corrected chi connectivity index (χ0v) is 11.1. The van der Waals surface area contributed by atoms with E-state index in [-0.39, 0.29) is 6.04 Å². The highest BCUT2D eigenvalue weighted by Crippen LogP contribution is 2.21. The second kappa shape index (κ2) is 5.27.